The Morgan fingerprint density at radius 3 is 1.01 bits per heavy atom. The molecule has 2 aromatic heterocycles. The van der Waals surface area contributed by atoms with Crippen LogP contribution in [-0.4, -0.2) is 9.13 Å². The Hall–Kier alpha value is -9.43. The lowest BCUT2D eigenvalue weighted by Crippen LogP contribution is -2.10. The van der Waals surface area contributed by atoms with Gasteiger partial charge >= 0.3 is 6.18 Å². The fraction of sp³-hybridized carbons (Fsp3) is 0.0159. The predicted molar refractivity (Wildman–Crippen MR) is 277 cm³/mol. The molecule has 0 bridgehead atoms. The van der Waals surface area contributed by atoms with E-state index in [4.69, 9.17) is 0 Å². The second kappa shape index (κ2) is 16.7. The monoisotopic (exact) mass is 906 g/mol. The van der Waals surface area contributed by atoms with Crippen molar-refractivity contribution in [3.63, 3.8) is 0 Å². The molecule has 12 aromatic rings. The van der Waals surface area contributed by atoms with Crippen molar-refractivity contribution >= 4 is 43.6 Å². The molecule has 0 atom stereocenters. The van der Waals surface area contributed by atoms with Gasteiger partial charge in [0, 0.05) is 27.1 Å². The van der Waals surface area contributed by atoms with E-state index in [0.717, 1.165) is 94.2 Å². The van der Waals surface area contributed by atoms with Crippen LogP contribution >= 0.6 is 0 Å². The second-order valence-electron chi connectivity index (χ2n) is 17.4. The number of fused-ring (bicyclic) bond motifs is 6. The van der Waals surface area contributed by atoms with Crippen molar-refractivity contribution in [2.75, 3.05) is 0 Å². The van der Waals surface area contributed by atoms with Crippen LogP contribution in [0.4, 0.5) is 13.2 Å². The number of aromatic nitrogens is 2. The molecule has 0 unspecified atom stereocenters. The van der Waals surface area contributed by atoms with Crippen LogP contribution in [0.3, 0.4) is 0 Å². The van der Waals surface area contributed by atoms with Crippen LogP contribution in [0.15, 0.2) is 224 Å². The van der Waals surface area contributed by atoms with Crippen LogP contribution in [0.25, 0.3) is 111 Å². The van der Waals surface area contributed by atoms with Crippen LogP contribution < -0.4 is 0 Å². The third-order valence-electron chi connectivity index (χ3n) is 13.4. The van der Waals surface area contributed by atoms with Gasteiger partial charge in [-0.25, -0.2) is 0 Å². The highest BCUT2D eigenvalue weighted by molar-refractivity contribution is 6.14. The van der Waals surface area contributed by atoms with Crippen molar-refractivity contribution in [2.45, 2.75) is 6.18 Å². The van der Waals surface area contributed by atoms with Crippen LogP contribution in [0.5, 0.6) is 0 Å². The first-order valence-electron chi connectivity index (χ1n) is 22.8. The average Bonchev–Trinajstić information content (AvgIpc) is 3.92. The zero-order chi connectivity index (χ0) is 47.5. The molecule has 330 valence electrons. The average molecular weight is 907 g/mol. The number of rotatable bonds is 7. The third kappa shape index (κ3) is 7.08. The summed E-state index contributed by atoms with van der Waals surface area (Å²) in [5.41, 5.74) is 11.6. The van der Waals surface area contributed by atoms with E-state index in [0.29, 0.717) is 11.4 Å². The maximum absolute atomic E-state index is 15.2. The van der Waals surface area contributed by atoms with E-state index in [1.165, 1.54) is 12.1 Å². The van der Waals surface area contributed by atoms with Crippen molar-refractivity contribution < 1.29 is 13.2 Å². The lowest BCUT2D eigenvalue weighted by Gasteiger charge is -2.21. The smallest absolute Gasteiger partial charge is 0.307 e. The molecule has 0 N–H and O–H groups in total. The van der Waals surface area contributed by atoms with E-state index in [9.17, 15) is 10.5 Å². The number of nitriles is 2. The van der Waals surface area contributed by atoms with Gasteiger partial charge in [0.2, 0.25) is 0 Å². The number of benzene rings is 10. The van der Waals surface area contributed by atoms with Gasteiger partial charge in [-0.15, -0.1) is 0 Å². The molecule has 0 saturated heterocycles. The third-order valence-corrected chi connectivity index (χ3v) is 13.4. The van der Waals surface area contributed by atoms with Crippen LogP contribution in [0, 0.1) is 22.7 Å². The van der Waals surface area contributed by atoms with E-state index < -0.39 is 11.7 Å². The number of nitrogens with zero attached hydrogens (tertiary/aromatic N) is 4. The van der Waals surface area contributed by atoms with Crippen LogP contribution in [0.1, 0.15) is 16.7 Å². The van der Waals surface area contributed by atoms with E-state index in [-0.39, 0.29) is 22.3 Å². The molecule has 2 heterocycles. The summed E-state index contributed by atoms with van der Waals surface area (Å²) in [6.45, 7) is 0. The zero-order valence-electron chi connectivity index (χ0n) is 37.3. The molecular weight excluding hydrogens is 870 g/mol. The fourth-order valence-electron chi connectivity index (χ4n) is 10.1. The molecule has 0 aliphatic rings. The molecule has 10 aromatic carbocycles. The summed E-state index contributed by atoms with van der Waals surface area (Å²) < 4.78 is 49.8. The Bertz CT molecular complexity index is 3910. The molecule has 0 fully saturated rings. The van der Waals surface area contributed by atoms with E-state index >= 15 is 13.2 Å². The first-order chi connectivity index (χ1) is 34.2. The molecule has 12 rings (SSSR count). The Balaban J connectivity index is 1.23. The standard InChI is InChI=1S/C63H37F3N4/c64-63(65,66)56-31-40(38-67)21-26-50(56)51-37-62(70-59-29-24-47(43-17-9-3-10-18-43)34-54(59)55-35-48(25-30-60(55)70)44-19-11-4-12-20-44)61(36-49(51)39-68)69-57-27-22-45(41-13-5-1-6-14-41)32-52(57)53-33-46(23-28-58(53)69)42-15-7-2-8-16-42/h1-37H. The molecule has 7 heteroatoms. The number of hydrogen-bond acceptors (Lipinski definition) is 2. The molecule has 70 heavy (non-hydrogen) atoms. The summed E-state index contributed by atoms with van der Waals surface area (Å²) in [7, 11) is 0. The Morgan fingerprint density at radius 1 is 0.329 bits per heavy atom. The maximum Gasteiger partial charge on any atom is 0.417 e. The van der Waals surface area contributed by atoms with Gasteiger partial charge in [0.15, 0.2) is 0 Å². The van der Waals surface area contributed by atoms with Crippen LogP contribution in [0.2, 0.25) is 0 Å². The first kappa shape index (κ1) is 42.0. The van der Waals surface area contributed by atoms with Gasteiger partial charge in [-0.1, -0.05) is 152 Å². The van der Waals surface area contributed by atoms with Crippen molar-refractivity contribution in [3.8, 4) is 79.1 Å². The van der Waals surface area contributed by atoms with Gasteiger partial charge in [0.05, 0.1) is 62.3 Å². The maximum atomic E-state index is 15.2. The van der Waals surface area contributed by atoms with Gasteiger partial charge in [-0.05, 0) is 123 Å². The Morgan fingerprint density at radius 2 is 0.686 bits per heavy atom. The summed E-state index contributed by atoms with van der Waals surface area (Å²) in [4.78, 5) is 0. The van der Waals surface area contributed by atoms with Crippen molar-refractivity contribution in [1.82, 2.24) is 9.13 Å². The highest BCUT2D eigenvalue weighted by atomic mass is 19.4. The first-order valence-corrected chi connectivity index (χ1v) is 22.8. The summed E-state index contributed by atoms with van der Waals surface area (Å²) in [5.74, 6) is 0. The predicted octanol–water partition coefficient (Wildman–Crippen LogP) is 17.0. The minimum absolute atomic E-state index is 0.0456. The minimum Gasteiger partial charge on any atom is -0.307 e. The largest absolute Gasteiger partial charge is 0.417 e. The molecule has 0 radical (unpaired) electrons. The lowest BCUT2D eigenvalue weighted by molar-refractivity contribution is -0.137. The minimum atomic E-state index is -4.83. The van der Waals surface area contributed by atoms with Crippen molar-refractivity contribution in [1.29, 1.82) is 10.5 Å². The molecule has 0 aliphatic carbocycles. The summed E-state index contributed by atoms with van der Waals surface area (Å²) >= 11 is 0. The molecule has 0 saturated carbocycles. The second-order valence-corrected chi connectivity index (χ2v) is 17.4. The highest BCUT2D eigenvalue weighted by Gasteiger charge is 2.35. The topological polar surface area (TPSA) is 57.4 Å². The number of hydrogen-bond donors (Lipinski definition) is 0. The van der Waals surface area contributed by atoms with Gasteiger partial charge in [-0.3, -0.25) is 0 Å². The molecule has 4 nitrogen and oxygen atoms in total. The summed E-state index contributed by atoms with van der Waals surface area (Å²) in [5, 5.41) is 24.7. The van der Waals surface area contributed by atoms with Crippen molar-refractivity contribution in [2.24, 2.45) is 0 Å². The number of alkyl halides is 3. The van der Waals surface area contributed by atoms with Gasteiger partial charge < -0.3 is 9.13 Å². The lowest BCUT2D eigenvalue weighted by atomic mass is 9.92. The van der Waals surface area contributed by atoms with Gasteiger partial charge in [0.1, 0.15) is 0 Å². The summed E-state index contributed by atoms with van der Waals surface area (Å²) in [6, 6.07) is 77.3. The molecule has 0 amide bonds. The SMILES string of the molecule is N#Cc1ccc(-c2cc(-n3c4ccc(-c5ccccc5)cc4c4cc(-c5ccccc5)ccc43)c(-n3c4ccc(-c5ccccc5)cc4c4cc(-c5ccccc5)ccc43)cc2C#N)c(C(F)(F)F)c1. The van der Waals surface area contributed by atoms with Crippen LogP contribution in [-0.2, 0) is 6.18 Å². The van der Waals surface area contributed by atoms with Gasteiger partial charge in [0.25, 0.3) is 0 Å². The molecule has 0 spiro atoms. The van der Waals surface area contributed by atoms with Crippen molar-refractivity contribution in [3.05, 3.63) is 241 Å². The molecular formula is C63H37F3N4. The normalized spacial score (nSPS) is 11.6. The van der Waals surface area contributed by atoms with E-state index in [2.05, 4.69) is 137 Å². The summed E-state index contributed by atoms with van der Waals surface area (Å²) in [6.07, 6.45) is -4.83. The Kier molecular flexibility index (Phi) is 10.0. The van der Waals surface area contributed by atoms with Gasteiger partial charge in [-0.2, -0.15) is 23.7 Å². The van der Waals surface area contributed by atoms with E-state index in [1.54, 1.807) is 12.1 Å². The quantitative estimate of drug-likeness (QED) is 0.160. The highest BCUT2D eigenvalue weighted by Crippen LogP contribution is 2.46. The fourth-order valence-corrected chi connectivity index (χ4v) is 10.1. The molecule has 0 aliphatic heterocycles. The van der Waals surface area contributed by atoms with E-state index in [1.807, 2.05) is 78.9 Å². The zero-order valence-corrected chi connectivity index (χ0v) is 37.3. The Labute approximate surface area is 401 Å². The number of halogens is 3.